The Bertz CT molecular complexity index is 1050. The van der Waals surface area contributed by atoms with Crippen LogP contribution in [0.3, 0.4) is 0 Å². The van der Waals surface area contributed by atoms with Crippen molar-refractivity contribution in [3.63, 3.8) is 0 Å². The van der Waals surface area contributed by atoms with Crippen LogP contribution in [0.1, 0.15) is 0 Å². The van der Waals surface area contributed by atoms with E-state index in [1.54, 1.807) is 18.9 Å². The van der Waals surface area contributed by atoms with E-state index in [1.165, 1.54) is 0 Å². The third kappa shape index (κ3) is 2.18. The second kappa shape index (κ2) is 5.37. The van der Waals surface area contributed by atoms with E-state index in [9.17, 15) is 0 Å². The molecule has 0 saturated carbocycles. The lowest BCUT2D eigenvalue weighted by Crippen LogP contribution is -2.59. The van der Waals surface area contributed by atoms with Gasteiger partial charge in [-0.1, -0.05) is 12.1 Å². The van der Waals surface area contributed by atoms with Crippen LogP contribution in [0.2, 0.25) is 0 Å². The maximum absolute atomic E-state index is 4.50. The molecule has 0 aliphatic carbocycles. The maximum atomic E-state index is 4.50. The van der Waals surface area contributed by atoms with Crippen molar-refractivity contribution in [3.8, 4) is 0 Å². The predicted molar refractivity (Wildman–Crippen MR) is 94.7 cm³/mol. The molecule has 124 valence electrons. The molecule has 3 aromatic heterocycles. The van der Waals surface area contributed by atoms with Gasteiger partial charge in [-0.15, -0.1) is 10.2 Å². The Balaban J connectivity index is 1.40. The van der Waals surface area contributed by atoms with Crippen molar-refractivity contribution < 1.29 is 0 Å². The third-order valence-electron chi connectivity index (χ3n) is 4.76. The number of hydrogen-bond acceptors (Lipinski definition) is 7. The summed E-state index contributed by atoms with van der Waals surface area (Å²) in [4.78, 5) is 17.8. The normalized spacial score (nSPS) is 14.8. The highest BCUT2D eigenvalue weighted by Gasteiger charge is 2.33. The monoisotopic (exact) mass is 332 g/mol. The van der Waals surface area contributed by atoms with Crippen molar-refractivity contribution in [1.29, 1.82) is 0 Å². The second-order valence-corrected chi connectivity index (χ2v) is 6.20. The molecule has 0 N–H and O–H groups in total. The number of nitrogens with zero attached hydrogens (tertiary/aromatic N) is 8. The van der Waals surface area contributed by atoms with Crippen LogP contribution in [0.15, 0.2) is 49.3 Å². The number of aromatic nitrogens is 6. The minimum absolute atomic E-state index is 0.364. The standard InChI is InChI=1S/C17H16N8/c1-23(15-13-4-2-3-5-14(13)19-10-20-15)12-8-25(9-12)16-17-22-21-11-24(17)7-6-18-16/h2-7,10-12H,8-9H2,1H3. The van der Waals surface area contributed by atoms with Crippen LogP contribution < -0.4 is 9.80 Å². The lowest BCUT2D eigenvalue weighted by atomic mass is 10.1. The fourth-order valence-electron chi connectivity index (χ4n) is 3.29. The molecular weight excluding hydrogens is 316 g/mol. The number of rotatable bonds is 3. The first-order valence-electron chi connectivity index (χ1n) is 8.13. The Labute approximate surface area is 143 Å². The number of anilines is 2. The minimum Gasteiger partial charge on any atom is -0.353 e. The first kappa shape index (κ1) is 14.1. The highest BCUT2D eigenvalue weighted by atomic mass is 15.4. The van der Waals surface area contributed by atoms with Gasteiger partial charge in [-0.3, -0.25) is 4.40 Å². The van der Waals surface area contributed by atoms with Gasteiger partial charge in [-0.25, -0.2) is 15.0 Å². The molecule has 1 aliphatic heterocycles. The average molecular weight is 332 g/mol. The summed E-state index contributed by atoms with van der Waals surface area (Å²) in [5.74, 6) is 1.83. The summed E-state index contributed by atoms with van der Waals surface area (Å²) in [6.45, 7) is 1.74. The summed E-state index contributed by atoms with van der Waals surface area (Å²) in [6, 6.07) is 8.46. The molecule has 5 rings (SSSR count). The van der Waals surface area contributed by atoms with E-state index < -0.39 is 0 Å². The lowest BCUT2D eigenvalue weighted by molar-refractivity contribution is 0.491. The molecular formula is C17H16N8. The van der Waals surface area contributed by atoms with Gasteiger partial charge in [0.25, 0.3) is 0 Å². The molecule has 1 fully saturated rings. The zero-order valence-electron chi connectivity index (χ0n) is 13.7. The molecule has 0 bridgehead atoms. The van der Waals surface area contributed by atoms with Crippen LogP contribution in [-0.2, 0) is 0 Å². The van der Waals surface area contributed by atoms with Crippen molar-refractivity contribution in [1.82, 2.24) is 29.5 Å². The minimum atomic E-state index is 0.364. The van der Waals surface area contributed by atoms with Crippen molar-refractivity contribution >= 4 is 28.2 Å². The highest BCUT2D eigenvalue weighted by molar-refractivity contribution is 5.89. The third-order valence-corrected chi connectivity index (χ3v) is 4.76. The Kier molecular flexibility index (Phi) is 3.03. The SMILES string of the molecule is CN(c1ncnc2ccccc12)C1CN(c2nccn3cnnc23)C1. The van der Waals surface area contributed by atoms with E-state index in [1.807, 2.05) is 28.8 Å². The van der Waals surface area contributed by atoms with Crippen LogP contribution in [0.5, 0.6) is 0 Å². The topological polar surface area (TPSA) is 75.3 Å². The van der Waals surface area contributed by atoms with Crippen LogP contribution in [0.4, 0.5) is 11.6 Å². The summed E-state index contributed by atoms with van der Waals surface area (Å²) in [5.41, 5.74) is 1.75. The highest BCUT2D eigenvalue weighted by Crippen LogP contribution is 2.29. The van der Waals surface area contributed by atoms with Gasteiger partial charge in [0, 0.05) is 37.9 Å². The fraction of sp³-hybridized carbons (Fsp3) is 0.235. The first-order valence-corrected chi connectivity index (χ1v) is 8.13. The summed E-state index contributed by atoms with van der Waals surface area (Å²) in [5, 5.41) is 9.20. The average Bonchev–Trinajstić information content (AvgIpc) is 3.09. The molecule has 1 aliphatic rings. The summed E-state index contributed by atoms with van der Waals surface area (Å²) in [6.07, 6.45) is 6.95. The van der Waals surface area contributed by atoms with E-state index in [0.717, 1.165) is 41.3 Å². The predicted octanol–water partition coefficient (Wildman–Crippen LogP) is 1.39. The molecule has 4 aromatic rings. The lowest BCUT2D eigenvalue weighted by Gasteiger charge is -2.45. The van der Waals surface area contributed by atoms with Crippen LogP contribution in [-0.4, -0.2) is 55.7 Å². The second-order valence-electron chi connectivity index (χ2n) is 6.20. The molecule has 0 atom stereocenters. The van der Waals surface area contributed by atoms with E-state index in [4.69, 9.17) is 0 Å². The molecule has 0 radical (unpaired) electrons. The molecule has 0 unspecified atom stereocenters. The molecule has 0 amide bonds. The van der Waals surface area contributed by atoms with E-state index in [0.29, 0.717) is 6.04 Å². The molecule has 0 spiro atoms. The molecule has 4 heterocycles. The van der Waals surface area contributed by atoms with E-state index >= 15 is 0 Å². The van der Waals surface area contributed by atoms with Crippen molar-refractivity contribution in [3.05, 3.63) is 49.3 Å². The van der Waals surface area contributed by atoms with Gasteiger partial charge >= 0.3 is 0 Å². The van der Waals surface area contributed by atoms with Gasteiger partial charge in [0.15, 0.2) is 5.82 Å². The largest absolute Gasteiger partial charge is 0.353 e. The van der Waals surface area contributed by atoms with Gasteiger partial charge < -0.3 is 9.80 Å². The Hall–Kier alpha value is -3.29. The first-order chi connectivity index (χ1) is 12.3. The molecule has 8 heteroatoms. The number of fused-ring (bicyclic) bond motifs is 2. The number of para-hydroxylation sites is 1. The number of likely N-dealkylation sites (N-methyl/N-ethyl adjacent to an activating group) is 1. The van der Waals surface area contributed by atoms with Crippen molar-refractivity contribution in [2.75, 3.05) is 29.9 Å². The van der Waals surface area contributed by atoms with E-state index in [2.05, 4.69) is 48.1 Å². The van der Waals surface area contributed by atoms with Gasteiger partial charge in [0.05, 0.1) is 11.6 Å². The quantitative estimate of drug-likeness (QED) is 0.561. The summed E-state index contributed by atoms with van der Waals surface area (Å²) < 4.78 is 1.89. The molecule has 1 aromatic carbocycles. The Morgan fingerprint density at radius 3 is 2.92 bits per heavy atom. The summed E-state index contributed by atoms with van der Waals surface area (Å²) in [7, 11) is 2.09. The zero-order valence-corrected chi connectivity index (χ0v) is 13.7. The van der Waals surface area contributed by atoms with Gasteiger partial charge in [-0.05, 0) is 12.1 Å². The van der Waals surface area contributed by atoms with Crippen molar-refractivity contribution in [2.45, 2.75) is 6.04 Å². The molecule has 1 saturated heterocycles. The van der Waals surface area contributed by atoms with Crippen LogP contribution >= 0.6 is 0 Å². The van der Waals surface area contributed by atoms with Gasteiger partial charge in [0.1, 0.15) is 18.5 Å². The molecule has 8 nitrogen and oxygen atoms in total. The number of hydrogen-bond donors (Lipinski definition) is 0. The van der Waals surface area contributed by atoms with Crippen LogP contribution in [0, 0.1) is 0 Å². The van der Waals surface area contributed by atoms with Crippen molar-refractivity contribution in [2.24, 2.45) is 0 Å². The Morgan fingerprint density at radius 1 is 1.12 bits per heavy atom. The van der Waals surface area contributed by atoms with Crippen LogP contribution in [0.25, 0.3) is 16.6 Å². The maximum Gasteiger partial charge on any atom is 0.203 e. The summed E-state index contributed by atoms with van der Waals surface area (Å²) >= 11 is 0. The van der Waals surface area contributed by atoms with Gasteiger partial charge in [-0.2, -0.15) is 0 Å². The number of benzene rings is 1. The smallest absolute Gasteiger partial charge is 0.203 e. The fourth-order valence-corrected chi connectivity index (χ4v) is 3.29. The Morgan fingerprint density at radius 2 is 2.00 bits per heavy atom. The zero-order chi connectivity index (χ0) is 16.8. The van der Waals surface area contributed by atoms with Gasteiger partial charge in [0.2, 0.25) is 5.65 Å². The molecule has 25 heavy (non-hydrogen) atoms. The van der Waals surface area contributed by atoms with E-state index in [-0.39, 0.29) is 0 Å².